The third-order valence-electron chi connectivity index (χ3n) is 3.17. The van der Waals surface area contributed by atoms with Crippen LogP contribution in [0.5, 0.6) is 0 Å². The van der Waals surface area contributed by atoms with Crippen LogP contribution in [0.15, 0.2) is 28.3 Å². The molecule has 22 heavy (non-hydrogen) atoms. The van der Waals surface area contributed by atoms with E-state index in [2.05, 4.69) is 15.5 Å². The van der Waals surface area contributed by atoms with Gasteiger partial charge in [-0.25, -0.2) is 13.1 Å². The summed E-state index contributed by atoms with van der Waals surface area (Å²) in [5.74, 6) is 0.285. The number of nitrogens with zero attached hydrogens (tertiary/aromatic N) is 4. The molecule has 10 heteroatoms. The maximum Gasteiger partial charge on any atom is 0.209 e. The van der Waals surface area contributed by atoms with Crippen molar-refractivity contribution in [3.8, 4) is 0 Å². The van der Waals surface area contributed by atoms with E-state index < -0.39 is 9.84 Å². The van der Waals surface area contributed by atoms with Gasteiger partial charge in [0.1, 0.15) is 0 Å². The predicted octanol–water partition coefficient (Wildman–Crippen LogP) is 2.88. The Labute approximate surface area is 142 Å². The van der Waals surface area contributed by atoms with E-state index in [4.69, 9.17) is 23.2 Å². The molecule has 1 aliphatic rings. The molecule has 1 aliphatic carbocycles. The van der Waals surface area contributed by atoms with Crippen LogP contribution in [0, 0.1) is 0 Å². The van der Waals surface area contributed by atoms with Crippen LogP contribution in [0.1, 0.15) is 18.9 Å². The Balaban J connectivity index is 1.67. The fourth-order valence-electron chi connectivity index (χ4n) is 1.90. The molecule has 0 unspecified atom stereocenters. The molecule has 1 saturated carbocycles. The molecule has 0 radical (unpaired) electrons. The fourth-order valence-corrected chi connectivity index (χ4v) is 5.30. The molecule has 118 valence electrons. The maximum atomic E-state index is 12.3. The molecule has 6 nitrogen and oxygen atoms in total. The van der Waals surface area contributed by atoms with E-state index in [1.165, 1.54) is 23.9 Å². The average Bonchev–Trinajstić information content (AvgIpc) is 3.21. The third-order valence-corrected chi connectivity index (χ3v) is 6.79. The second-order valence-electron chi connectivity index (χ2n) is 4.88. The Morgan fingerprint density at radius 3 is 2.82 bits per heavy atom. The first-order valence-corrected chi connectivity index (χ1v) is 9.95. The van der Waals surface area contributed by atoms with E-state index in [0.29, 0.717) is 22.0 Å². The second kappa shape index (κ2) is 6.35. The quantitative estimate of drug-likeness (QED) is 0.719. The first-order valence-electron chi connectivity index (χ1n) is 6.56. The number of tetrazole rings is 1. The van der Waals surface area contributed by atoms with Crippen LogP contribution in [0.4, 0.5) is 0 Å². The summed E-state index contributed by atoms with van der Waals surface area (Å²) in [4.78, 5) is 0.0593. The van der Waals surface area contributed by atoms with Crippen molar-refractivity contribution in [2.75, 3.05) is 11.5 Å². The molecule has 1 aromatic heterocycles. The van der Waals surface area contributed by atoms with E-state index >= 15 is 0 Å². The van der Waals surface area contributed by atoms with Crippen molar-refractivity contribution in [1.29, 1.82) is 0 Å². The van der Waals surface area contributed by atoms with Crippen molar-refractivity contribution in [2.45, 2.75) is 28.9 Å². The predicted molar refractivity (Wildman–Crippen MR) is 85.3 cm³/mol. The normalized spacial score (nSPS) is 15.2. The molecule has 2 aromatic rings. The molecular formula is C12H12Cl2N4O2S2. The summed E-state index contributed by atoms with van der Waals surface area (Å²) in [6.45, 7) is 0. The van der Waals surface area contributed by atoms with E-state index in [-0.39, 0.29) is 15.7 Å². The molecule has 0 saturated heterocycles. The first kappa shape index (κ1) is 16.0. The van der Waals surface area contributed by atoms with Crippen molar-refractivity contribution in [3.05, 3.63) is 28.2 Å². The van der Waals surface area contributed by atoms with Crippen LogP contribution in [0.2, 0.25) is 10.0 Å². The highest BCUT2D eigenvalue weighted by Crippen LogP contribution is 2.36. The van der Waals surface area contributed by atoms with Crippen molar-refractivity contribution in [3.63, 3.8) is 0 Å². The lowest BCUT2D eigenvalue weighted by atomic mass is 10.4. The van der Waals surface area contributed by atoms with Gasteiger partial charge in [0.25, 0.3) is 0 Å². The number of hydrogen-bond acceptors (Lipinski definition) is 6. The Kier molecular flexibility index (Phi) is 4.63. The molecule has 0 amide bonds. The number of benzene rings is 1. The summed E-state index contributed by atoms with van der Waals surface area (Å²) in [5, 5.41) is 12.7. The van der Waals surface area contributed by atoms with Gasteiger partial charge >= 0.3 is 0 Å². The Morgan fingerprint density at radius 1 is 1.32 bits per heavy atom. The molecule has 0 N–H and O–H groups in total. The largest absolute Gasteiger partial charge is 0.224 e. The topological polar surface area (TPSA) is 77.7 Å². The standard InChI is InChI=1S/C12H12Cl2N4O2S2/c13-8-1-4-10(14)11(7-8)22(19,20)6-5-21-12-15-16-17-18(12)9-2-3-9/h1,4,7,9H,2-3,5-6H2. The number of hydrogen-bond donors (Lipinski definition) is 0. The Hall–Kier alpha value is -0.830. The van der Waals surface area contributed by atoms with Gasteiger partial charge in [0.15, 0.2) is 9.84 Å². The van der Waals surface area contributed by atoms with E-state index in [1.54, 1.807) is 10.7 Å². The van der Waals surface area contributed by atoms with Gasteiger partial charge in [-0.15, -0.1) is 5.10 Å². The molecule has 0 bridgehead atoms. The lowest BCUT2D eigenvalue weighted by Crippen LogP contribution is -2.10. The molecule has 0 atom stereocenters. The number of rotatable bonds is 6. The van der Waals surface area contributed by atoms with Crippen LogP contribution < -0.4 is 0 Å². The summed E-state index contributed by atoms with van der Waals surface area (Å²) < 4.78 is 26.5. The summed E-state index contributed by atoms with van der Waals surface area (Å²) in [5.41, 5.74) is 0. The van der Waals surface area contributed by atoms with E-state index in [0.717, 1.165) is 12.8 Å². The smallest absolute Gasteiger partial charge is 0.209 e. The van der Waals surface area contributed by atoms with Gasteiger partial charge in [0.05, 0.1) is 21.7 Å². The van der Waals surface area contributed by atoms with Crippen LogP contribution in [0.3, 0.4) is 0 Å². The minimum absolute atomic E-state index is 0.0593. The van der Waals surface area contributed by atoms with Crippen molar-refractivity contribution in [1.82, 2.24) is 20.2 Å². The highest BCUT2D eigenvalue weighted by atomic mass is 35.5. The number of halogens is 2. The molecule has 1 aromatic carbocycles. The summed E-state index contributed by atoms with van der Waals surface area (Å²) in [6, 6.07) is 4.77. The minimum atomic E-state index is -3.50. The van der Waals surface area contributed by atoms with E-state index in [1.807, 2.05) is 0 Å². The highest BCUT2D eigenvalue weighted by Gasteiger charge is 2.28. The van der Waals surface area contributed by atoms with Crippen LogP contribution >= 0.6 is 35.0 Å². The first-order chi connectivity index (χ1) is 10.5. The molecule has 0 spiro atoms. The van der Waals surface area contributed by atoms with Gasteiger partial charge in [-0.05, 0) is 41.5 Å². The van der Waals surface area contributed by atoms with Crippen molar-refractivity contribution >= 4 is 44.8 Å². The monoisotopic (exact) mass is 378 g/mol. The lowest BCUT2D eigenvalue weighted by Gasteiger charge is -2.07. The van der Waals surface area contributed by atoms with Crippen LogP contribution in [0.25, 0.3) is 0 Å². The number of aromatic nitrogens is 4. The summed E-state index contributed by atoms with van der Waals surface area (Å²) >= 11 is 13.1. The molecular weight excluding hydrogens is 367 g/mol. The lowest BCUT2D eigenvalue weighted by molar-refractivity contribution is 0.565. The van der Waals surface area contributed by atoms with Crippen molar-refractivity contribution in [2.24, 2.45) is 0 Å². The molecule has 1 fully saturated rings. The second-order valence-corrected chi connectivity index (χ2v) is 8.86. The van der Waals surface area contributed by atoms with Crippen LogP contribution in [-0.4, -0.2) is 40.1 Å². The zero-order valence-electron chi connectivity index (χ0n) is 11.3. The van der Waals surface area contributed by atoms with Gasteiger partial charge in [0.2, 0.25) is 5.16 Å². The Morgan fingerprint density at radius 2 is 2.09 bits per heavy atom. The third kappa shape index (κ3) is 3.56. The van der Waals surface area contributed by atoms with Gasteiger partial charge in [-0.1, -0.05) is 35.0 Å². The highest BCUT2D eigenvalue weighted by molar-refractivity contribution is 8.00. The van der Waals surface area contributed by atoms with E-state index in [9.17, 15) is 8.42 Å². The van der Waals surface area contributed by atoms with Gasteiger partial charge in [0, 0.05) is 10.8 Å². The summed E-state index contributed by atoms with van der Waals surface area (Å²) in [6.07, 6.45) is 2.13. The zero-order valence-corrected chi connectivity index (χ0v) is 14.5. The summed E-state index contributed by atoms with van der Waals surface area (Å²) in [7, 11) is -3.50. The minimum Gasteiger partial charge on any atom is -0.224 e. The number of sulfone groups is 1. The maximum absolute atomic E-state index is 12.3. The number of thioether (sulfide) groups is 1. The fraction of sp³-hybridized carbons (Fsp3) is 0.417. The zero-order chi connectivity index (χ0) is 15.7. The average molecular weight is 379 g/mol. The van der Waals surface area contributed by atoms with Gasteiger partial charge in [-0.2, -0.15) is 0 Å². The molecule has 1 heterocycles. The van der Waals surface area contributed by atoms with Gasteiger partial charge in [-0.3, -0.25) is 0 Å². The van der Waals surface area contributed by atoms with Gasteiger partial charge < -0.3 is 0 Å². The SMILES string of the molecule is O=S(=O)(CCSc1nnnn1C1CC1)c1cc(Cl)ccc1Cl. The molecule has 0 aliphatic heterocycles. The molecule has 3 rings (SSSR count). The van der Waals surface area contributed by atoms with Crippen molar-refractivity contribution < 1.29 is 8.42 Å². The van der Waals surface area contributed by atoms with Crippen LogP contribution in [-0.2, 0) is 9.84 Å². The Bertz CT molecular complexity index is 790.